The van der Waals surface area contributed by atoms with Crippen molar-refractivity contribution in [3.05, 3.63) is 88.0 Å². The molecule has 0 heterocycles. The highest BCUT2D eigenvalue weighted by molar-refractivity contribution is 7.60. The van der Waals surface area contributed by atoms with Crippen molar-refractivity contribution in [3.8, 4) is 0 Å². The van der Waals surface area contributed by atoms with Crippen LogP contribution in [0.1, 0.15) is 96.3 Å². The van der Waals surface area contributed by atoms with E-state index in [1.54, 1.807) is 96.3 Å². The molecule has 274 valence electrons. The number of rotatable bonds is 6. The number of hydrogen-bond acceptors (Lipinski definition) is 0. The van der Waals surface area contributed by atoms with Gasteiger partial charge in [0.2, 0.25) is 0 Å². The van der Waals surface area contributed by atoms with E-state index < -0.39 is 92.9 Å². The van der Waals surface area contributed by atoms with Gasteiger partial charge in [-0.15, -0.1) is 16.4 Å². The van der Waals surface area contributed by atoms with Crippen LogP contribution in [0.2, 0.25) is 0 Å². The second kappa shape index (κ2) is 16.8. The molecule has 0 aliphatic heterocycles. The minimum atomic E-state index is -4.62. The molecule has 3 aromatic carbocycles. The third kappa shape index (κ3) is 8.02. The molecule has 3 saturated carbocycles. The van der Waals surface area contributed by atoms with Crippen LogP contribution in [0.5, 0.6) is 0 Å². The Labute approximate surface area is 284 Å². The zero-order chi connectivity index (χ0) is 36.3. The van der Waals surface area contributed by atoms with Crippen LogP contribution < -0.4 is 16.4 Å². The second-order valence-electron chi connectivity index (χ2n) is 13.9. The van der Waals surface area contributed by atoms with Crippen molar-refractivity contribution in [2.45, 2.75) is 113 Å². The van der Waals surface area contributed by atoms with Crippen LogP contribution in [0.25, 0.3) is 0 Å². The van der Waals surface area contributed by atoms with Crippen molar-refractivity contribution in [1.82, 2.24) is 0 Å². The van der Waals surface area contributed by atoms with Gasteiger partial charge in [-0.2, -0.15) is 0 Å². The summed E-state index contributed by atoms with van der Waals surface area (Å²) in [7, 11) is -0.0465. The van der Waals surface area contributed by atoms with E-state index in [0.29, 0.717) is 0 Å². The Morgan fingerprint density at radius 2 is 0.540 bits per heavy atom. The van der Waals surface area contributed by atoms with Gasteiger partial charge in [-0.1, -0.05) is 19.3 Å². The molecule has 0 bridgehead atoms. The first kappa shape index (κ1) is 38.5. The molecule has 0 nitrogen and oxygen atoms in total. The van der Waals surface area contributed by atoms with Gasteiger partial charge in [0.15, 0.2) is 34.9 Å². The molecule has 3 aromatic rings. The summed E-state index contributed by atoms with van der Waals surface area (Å²) in [6.45, 7) is -4.62. The predicted molar refractivity (Wildman–Crippen MR) is 174 cm³/mol. The first-order chi connectivity index (χ1) is 23.8. The fraction of sp³-hybridized carbons (Fsp3) is 0.500. The standard InChI is InChI=1S/C18H4BF12.C18H33P/c20-4-1-5(21)14(27)10(13(4)26)19(11-15(28)6(22)2-7(23)16(11)29)12-17(30)8(24)3-9(25)18(12)31;1-4-10-16(11-5-1)19(17-12-6-2-7-13-17)18-14-8-3-9-15-18/h1-3,19H;16-18H,1-15H2/q-1;/p+1. The molecular formula is C36H38BF12P. The number of halogens is 12. The highest BCUT2D eigenvalue weighted by Crippen LogP contribution is 2.61. The SMILES string of the molecule is C1CCC([PH+](C2CCCCC2)C2CCCCC2)CC1.Fc1cc(F)c(F)c([BH-](c2c(F)c(F)cc(F)c2F)c2c(F)c(F)cc(F)c2F)c1F. The molecule has 0 radical (unpaired) electrons. The van der Waals surface area contributed by atoms with Crippen molar-refractivity contribution in [1.29, 1.82) is 0 Å². The van der Waals surface area contributed by atoms with Crippen molar-refractivity contribution in [2.24, 2.45) is 0 Å². The summed E-state index contributed by atoms with van der Waals surface area (Å²) >= 11 is 0. The largest absolute Gasteiger partial charge is 0.207 e. The highest BCUT2D eigenvalue weighted by atomic mass is 31.1. The number of benzene rings is 3. The molecule has 6 rings (SSSR count). The van der Waals surface area contributed by atoms with Gasteiger partial charge in [0.1, 0.15) is 34.9 Å². The maximum atomic E-state index is 14.4. The molecule has 0 spiro atoms. The van der Waals surface area contributed by atoms with Crippen LogP contribution in [0.4, 0.5) is 52.7 Å². The average Bonchev–Trinajstić information content (AvgIpc) is 3.11. The normalized spacial score (nSPS) is 18.1. The van der Waals surface area contributed by atoms with Gasteiger partial charge in [-0.3, -0.25) is 0 Å². The van der Waals surface area contributed by atoms with E-state index in [2.05, 4.69) is 0 Å². The smallest absolute Gasteiger partial charge is 0.158 e. The zero-order valence-electron chi connectivity index (χ0n) is 27.3. The lowest BCUT2D eigenvalue weighted by Crippen LogP contribution is -2.60. The average molecular weight is 740 g/mol. The monoisotopic (exact) mass is 740 g/mol. The first-order valence-corrected chi connectivity index (χ1v) is 19.1. The van der Waals surface area contributed by atoms with E-state index in [4.69, 9.17) is 0 Å². The van der Waals surface area contributed by atoms with Crippen molar-refractivity contribution in [3.63, 3.8) is 0 Å². The Hall–Kier alpha value is -2.69. The summed E-state index contributed by atoms with van der Waals surface area (Å²) in [6, 6.07) is -1.16. The summed E-state index contributed by atoms with van der Waals surface area (Å²) in [5.74, 6) is -28.2. The molecular weight excluding hydrogens is 702 g/mol. The predicted octanol–water partition coefficient (Wildman–Crippen LogP) is 9.80. The van der Waals surface area contributed by atoms with Crippen LogP contribution in [-0.4, -0.2) is 23.7 Å². The molecule has 0 atom stereocenters. The molecule has 14 heteroatoms. The maximum Gasteiger partial charge on any atom is 0.158 e. The van der Waals surface area contributed by atoms with Gasteiger partial charge in [-0.05, 0) is 77.0 Å². The lowest BCUT2D eigenvalue weighted by Gasteiger charge is -2.38. The third-order valence-corrected chi connectivity index (χ3v) is 15.5. The fourth-order valence-corrected chi connectivity index (χ4v) is 13.9. The molecule has 50 heavy (non-hydrogen) atoms. The highest BCUT2D eigenvalue weighted by Gasteiger charge is 2.43. The summed E-state index contributed by atoms with van der Waals surface area (Å²) in [5, 5.41) is 0. The lowest BCUT2D eigenvalue weighted by atomic mass is 9.36. The Bertz CT molecular complexity index is 1390. The molecule has 0 N–H and O–H groups in total. The van der Waals surface area contributed by atoms with Crippen LogP contribution in [-0.2, 0) is 0 Å². The minimum Gasteiger partial charge on any atom is -0.207 e. The molecule has 0 amide bonds. The van der Waals surface area contributed by atoms with Gasteiger partial charge >= 0.3 is 0 Å². The quantitative estimate of drug-likeness (QED) is 0.102. The van der Waals surface area contributed by atoms with E-state index in [1.165, 1.54) is 17.0 Å². The van der Waals surface area contributed by atoms with E-state index in [-0.39, 0.29) is 26.1 Å². The van der Waals surface area contributed by atoms with Gasteiger partial charge in [0.05, 0.1) is 23.7 Å². The molecule has 0 unspecified atom stereocenters. The van der Waals surface area contributed by atoms with Crippen molar-refractivity contribution in [2.75, 3.05) is 0 Å². The van der Waals surface area contributed by atoms with E-state index in [9.17, 15) is 52.7 Å². The summed E-state index contributed by atoms with van der Waals surface area (Å²) in [4.78, 5) is 0. The van der Waals surface area contributed by atoms with Crippen molar-refractivity contribution >= 4 is 31.0 Å². The Morgan fingerprint density at radius 3 is 0.740 bits per heavy atom. The fourth-order valence-electron chi connectivity index (χ4n) is 8.64. The first-order valence-electron chi connectivity index (χ1n) is 17.4. The molecule has 3 aliphatic rings. The van der Waals surface area contributed by atoms with Crippen LogP contribution in [0, 0.1) is 69.8 Å². The Kier molecular flexibility index (Phi) is 12.9. The van der Waals surface area contributed by atoms with E-state index in [0.717, 1.165) is 0 Å². The van der Waals surface area contributed by atoms with E-state index in [1.807, 2.05) is 0 Å². The third-order valence-electron chi connectivity index (χ3n) is 10.9. The van der Waals surface area contributed by atoms with Crippen LogP contribution in [0.3, 0.4) is 0 Å². The van der Waals surface area contributed by atoms with Gasteiger partial charge in [-0.25, -0.2) is 52.7 Å². The van der Waals surface area contributed by atoms with Gasteiger partial charge in [0, 0.05) is 26.1 Å². The summed E-state index contributed by atoms with van der Waals surface area (Å²) < 4.78 is 168. The van der Waals surface area contributed by atoms with Crippen LogP contribution >= 0.6 is 7.92 Å². The van der Waals surface area contributed by atoms with Crippen LogP contribution in [0.15, 0.2) is 18.2 Å². The molecule has 3 aliphatic carbocycles. The van der Waals surface area contributed by atoms with E-state index >= 15 is 0 Å². The minimum absolute atomic E-state index is 0.0465. The van der Waals surface area contributed by atoms with Gasteiger partial charge < -0.3 is 0 Å². The lowest BCUT2D eigenvalue weighted by molar-refractivity contribution is 0.456. The molecule has 0 saturated heterocycles. The second-order valence-corrected chi connectivity index (χ2v) is 17.3. The van der Waals surface area contributed by atoms with Crippen molar-refractivity contribution < 1.29 is 52.7 Å². The topological polar surface area (TPSA) is 0 Å². The number of hydrogen-bond donors (Lipinski definition) is 0. The van der Waals surface area contributed by atoms with Gasteiger partial charge in [0.25, 0.3) is 0 Å². The molecule has 3 fully saturated rings. The zero-order valence-corrected chi connectivity index (χ0v) is 28.3. The Morgan fingerprint density at radius 1 is 0.340 bits per heavy atom. The summed E-state index contributed by atoms with van der Waals surface area (Å²) in [6.07, 6.45) is 23.8. The Balaban J connectivity index is 0.000000217. The summed E-state index contributed by atoms with van der Waals surface area (Å²) in [5.41, 5.74) is -2.69. The molecule has 0 aromatic heterocycles. The maximum absolute atomic E-state index is 14.4.